The fourth-order valence-electron chi connectivity index (χ4n) is 1.44. The van der Waals surface area contributed by atoms with E-state index in [1.807, 2.05) is 24.3 Å². The van der Waals surface area contributed by atoms with Crippen molar-refractivity contribution in [2.45, 2.75) is 6.42 Å². The highest BCUT2D eigenvalue weighted by Crippen LogP contribution is 2.18. The van der Waals surface area contributed by atoms with Crippen LogP contribution >= 0.6 is 11.5 Å². The first-order valence-corrected chi connectivity index (χ1v) is 5.78. The topological polar surface area (TPSA) is 59.4 Å². The molecule has 0 spiro atoms. The number of ether oxygens (including phenoxy) is 1. The van der Waals surface area contributed by atoms with E-state index in [1.165, 1.54) is 11.5 Å². The van der Waals surface area contributed by atoms with Crippen molar-refractivity contribution in [3.05, 3.63) is 46.5 Å². The Bertz CT molecular complexity index is 519. The van der Waals surface area contributed by atoms with Crippen molar-refractivity contribution in [1.29, 1.82) is 0 Å². The maximum atomic E-state index is 10.7. The summed E-state index contributed by atoms with van der Waals surface area (Å²) >= 11 is 1.22. The summed E-state index contributed by atoms with van der Waals surface area (Å²) in [4.78, 5) is 11.6. The molecule has 0 radical (unpaired) electrons. The molecule has 0 aliphatic rings. The minimum Gasteiger partial charge on any atom is -0.497 e. The molecule has 0 unspecified atom stereocenters. The zero-order valence-corrected chi connectivity index (χ0v) is 10.0. The van der Waals surface area contributed by atoms with Crippen molar-refractivity contribution in [1.82, 2.24) is 4.37 Å². The molecule has 0 atom stereocenters. The van der Waals surface area contributed by atoms with E-state index < -0.39 is 5.97 Å². The van der Waals surface area contributed by atoms with E-state index in [1.54, 1.807) is 13.2 Å². The Balaban J connectivity index is 2.11. The second-order valence-electron chi connectivity index (χ2n) is 3.51. The van der Waals surface area contributed by atoms with Crippen LogP contribution in [0.2, 0.25) is 0 Å². The van der Waals surface area contributed by atoms with Crippen molar-refractivity contribution < 1.29 is 14.6 Å². The maximum absolute atomic E-state index is 10.7. The summed E-state index contributed by atoms with van der Waals surface area (Å²) in [6.45, 7) is 0. The standard InChI is InChI=1S/C12H11NO3S/c1-16-9-4-2-8(3-5-9)6-10-7-11(12(14)15)13-17-10/h2-5,7H,6H2,1H3,(H,14,15). The van der Waals surface area contributed by atoms with Gasteiger partial charge in [-0.1, -0.05) is 12.1 Å². The third-order valence-corrected chi connectivity index (χ3v) is 3.10. The van der Waals surface area contributed by atoms with E-state index in [-0.39, 0.29) is 5.69 Å². The summed E-state index contributed by atoms with van der Waals surface area (Å²) in [5.74, 6) is -0.175. The smallest absolute Gasteiger partial charge is 0.355 e. The molecule has 0 saturated heterocycles. The fourth-order valence-corrected chi connectivity index (χ4v) is 2.18. The second-order valence-corrected chi connectivity index (χ2v) is 4.40. The molecule has 1 heterocycles. The lowest BCUT2D eigenvalue weighted by Gasteiger charge is -2.01. The first-order chi connectivity index (χ1) is 8.19. The molecule has 1 aromatic carbocycles. The molecule has 2 aromatic rings. The highest BCUT2D eigenvalue weighted by molar-refractivity contribution is 7.05. The zero-order valence-electron chi connectivity index (χ0n) is 9.21. The van der Waals surface area contributed by atoms with Crippen LogP contribution in [-0.2, 0) is 6.42 Å². The Labute approximate surface area is 103 Å². The Kier molecular flexibility index (Phi) is 3.39. The first-order valence-electron chi connectivity index (χ1n) is 5.01. The SMILES string of the molecule is COc1ccc(Cc2cc(C(=O)O)ns2)cc1. The summed E-state index contributed by atoms with van der Waals surface area (Å²) in [7, 11) is 1.62. The van der Waals surface area contributed by atoms with Crippen LogP contribution < -0.4 is 4.74 Å². The molecule has 0 fully saturated rings. The summed E-state index contributed by atoms with van der Waals surface area (Å²) in [6, 6.07) is 9.29. The predicted octanol–water partition coefficient (Wildman–Crippen LogP) is 2.44. The number of hydrogen-bond donors (Lipinski definition) is 1. The van der Waals surface area contributed by atoms with Gasteiger partial charge in [-0.2, -0.15) is 4.37 Å². The van der Waals surface area contributed by atoms with Crippen LogP contribution in [0.25, 0.3) is 0 Å². The lowest BCUT2D eigenvalue weighted by atomic mass is 10.1. The average Bonchev–Trinajstić information content (AvgIpc) is 2.79. The number of benzene rings is 1. The van der Waals surface area contributed by atoms with Crippen molar-refractivity contribution in [3.63, 3.8) is 0 Å². The van der Waals surface area contributed by atoms with Crippen molar-refractivity contribution in [2.24, 2.45) is 0 Å². The molecule has 1 aromatic heterocycles. The van der Waals surface area contributed by atoms with Gasteiger partial charge in [-0.05, 0) is 35.3 Å². The van der Waals surface area contributed by atoms with Crippen LogP contribution in [0.3, 0.4) is 0 Å². The van der Waals surface area contributed by atoms with Crippen LogP contribution in [0.1, 0.15) is 20.9 Å². The summed E-state index contributed by atoms with van der Waals surface area (Å²) < 4.78 is 8.93. The molecule has 0 saturated carbocycles. The summed E-state index contributed by atoms with van der Waals surface area (Å²) in [5.41, 5.74) is 1.21. The number of rotatable bonds is 4. The molecule has 4 nitrogen and oxygen atoms in total. The molecule has 1 N–H and O–H groups in total. The molecule has 0 aliphatic heterocycles. The van der Waals surface area contributed by atoms with Gasteiger partial charge in [0.05, 0.1) is 7.11 Å². The summed E-state index contributed by atoms with van der Waals surface area (Å²) in [6.07, 6.45) is 0.689. The third-order valence-electron chi connectivity index (χ3n) is 2.32. The van der Waals surface area contributed by atoms with E-state index in [4.69, 9.17) is 9.84 Å². The van der Waals surface area contributed by atoms with E-state index in [0.29, 0.717) is 6.42 Å². The van der Waals surface area contributed by atoms with Gasteiger partial charge >= 0.3 is 5.97 Å². The van der Waals surface area contributed by atoms with Gasteiger partial charge in [-0.25, -0.2) is 4.79 Å². The number of carboxylic acids is 1. The zero-order chi connectivity index (χ0) is 12.3. The number of carbonyl (C=O) groups is 1. The lowest BCUT2D eigenvalue weighted by molar-refractivity contribution is 0.0692. The monoisotopic (exact) mass is 249 g/mol. The minimum atomic E-state index is -0.984. The van der Waals surface area contributed by atoms with Gasteiger partial charge in [0.15, 0.2) is 5.69 Å². The van der Waals surface area contributed by atoms with Gasteiger partial charge < -0.3 is 9.84 Å². The first kappa shape index (κ1) is 11.6. The van der Waals surface area contributed by atoms with Crippen molar-refractivity contribution in [3.8, 4) is 5.75 Å². The van der Waals surface area contributed by atoms with Gasteiger partial charge in [0.1, 0.15) is 5.75 Å². The molecule has 0 amide bonds. The summed E-state index contributed by atoms with van der Waals surface area (Å²) in [5, 5.41) is 8.76. The Morgan fingerprint density at radius 2 is 2.12 bits per heavy atom. The minimum absolute atomic E-state index is 0.110. The number of nitrogens with zero attached hydrogens (tertiary/aromatic N) is 1. The van der Waals surface area contributed by atoms with Crippen LogP contribution in [0.4, 0.5) is 0 Å². The molecule has 5 heteroatoms. The van der Waals surface area contributed by atoms with Crippen LogP contribution in [0.5, 0.6) is 5.75 Å². The maximum Gasteiger partial charge on any atom is 0.355 e. The Morgan fingerprint density at radius 1 is 1.41 bits per heavy atom. The highest BCUT2D eigenvalue weighted by atomic mass is 32.1. The van der Waals surface area contributed by atoms with Crippen LogP contribution in [-0.4, -0.2) is 22.6 Å². The molecule has 17 heavy (non-hydrogen) atoms. The Hall–Kier alpha value is -1.88. The number of aromatic nitrogens is 1. The molecule has 88 valence electrons. The number of hydrogen-bond acceptors (Lipinski definition) is 4. The molecular formula is C12H11NO3S. The van der Waals surface area contributed by atoms with Gasteiger partial charge in [-0.15, -0.1) is 0 Å². The molecule has 0 aliphatic carbocycles. The Morgan fingerprint density at radius 3 is 2.65 bits per heavy atom. The predicted molar refractivity (Wildman–Crippen MR) is 64.9 cm³/mol. The van der Waals surface area contributed by atoms with E-state index in [2.05, 4.69) is 4.37 Å². The van der Waals surface area contributed by atoms with E-state index >= 15 is 0 Å². The number of methoxy groups -OCH3 is 1. The van der Waals surface area contributed by atoms with Gasteiger partial charge in [-0.3, -0.25) is 0 Å². The number of aromatic carboxylic acids is 1. The second kappa shape index (κ2) is 4.97. The highest BCUT2D eigenvalue weighted by Gasteiger charge is 2.08. The molecule has 2 rings (SSSR count). The largest absolute Gasteiger partial charge is 0.497 e. The van der Waals surface area contributed by atoms with Crippen LogP contribution in [0.15, 0.2) is 30.3 Å². The van der Waals surface area contributed by atoms with Gasteiger partial charge in [0.25, 0.3) is 0 Å². The van der Waals surface area contributed by atoms with E-state index in [0.717, 1.165) is 16.2 Å². The third kappa shape index (κ3) is 2.82. The number of carboxylic acid groups (broad SMARTS) is 1. The van der Waals surface area contributed by atoms with E-state index in [9.17, 15) is 4.79 Å². The molecule has 0 bridgehead atoms. The van der Waals surface area contributed by atoms with Gasteiger partial charge in [0.2, 0.25) is 0 Å². The average molecular weight is 249 g/mol. The van der Waals surface area contributed by atoms with Gasteiger partial charge in [0, 0.05) is 11.3 Å². The molecular weight excluding hydrogens is 238 g/mol. The van der Waals surface area contributed by atoms with Crippen LogP contribution in [0, 0.1) is 0 Å². The normalized spacial score (nSPS) is 10.2. The fraction of sp³-hybridized carbons (Fsp3) is 0.167. The lowest BCUT2D eigenvalue weighted by Crippen LogP contribution is -1.94. The van der Waals surface area contributed by atoms with Crippen molar-refractivity contribution in [2.75, 3.05) is 7.11 Å². The van der Waals surface area contributed by atoms with Crippen molar-refractivity contribution >= 4 is 17.5 Å². The quantitative estimate of drug-likeness (QED) is 0.904.